The van der Waals surface area contributed by atoms with E-state index < -0.39 is 19.9 Å². The van der Waals surface area contributed by atoms with Crippen LogP contribution in [0.15, 0.2) is 23.2 Å². The molecule has 0 bridgehead atoms. The second-order valence-corrected chi connectivity index (χ2v) is 8.46. The van der Waals surface area contributed by atoms with Gasteiger partial charge in [0.25, 0.3) is 0 Å². The van der Waals surface area contributed by atoms with Gasteiger partial charge in [-0.15, -0.1) is 0 Å². The van der Waals surface area contributed by atoms with Crippen LogP contribution in [0.2, 0.25) is 5.15 Å². The van der Waals surface area contributed by atoms with Crippen molar-refractivity contribution < 1.29 is 16.8 Å². The maximum Gasteiger partial charge on any atom is 0.243 e. The quantitative estimate of drug-likeness (QED) is 0.735. The number of rotatable bonds is 5. The summed E-state index contributed by atoms with van der Waals surface area (Å²) in [5.41, 5.74) is 0. The van der Waals surface area contributed by atoms with Crippen LogP contribution >= 0.6 is 11.6 Å². The van der Waals surface area contributed by atoms with Crippen LogP contribution in [0.1, 0.15) is 0 Å². The molecular weight excluding hydrogens is 300 g/mol. The molecule has 102 valence electrons. The number of pyridine rings is 1. The fourth-order valence-electron chi connectivity index (χ4n) is 1.14. The lowest BCUT2D eigenvalue weighted by Gasteiger charge is -2.16. The minimum Gasteiger partial charge on any atom is -0.244 e. The molecule has 1 aromatic rings. The van der Waals surface area contributed by atoms with E-state index in [1.165, 1.54) is 25.4 Å². The second kappa shape index (κ2) is 5.52. The zero-order valence-electron chi connectivity index (χ0n) is 9.87. The van der Waals surface area contributed by atoms with E-state index in [1.54, 1.807) is 0 Å². The molecule has 1 aromatic heterocycles. The molecule has 0 fully saturated rings. The van der Waals surface area contributed by atoms with Gasteiger partial charge in [-0.1, -0.05) is 11.6 Å². The first kappa shape index (κ1) is 15.4. The molecule has 0 aromatic carbocycles. The summed E-state index contributed by atoms with van der Waals surface area (Å²) in [5.74, 6) is -0.235. The van der Waals surface area contributed by atoms with Crippen molar-refractivity contribution in [1.29, 1.82) is 0 Å². The van der Waals surface area contributed by atoms with Gasteiger partial charge < -0.3 is 0 Å². The Kier molecular flexibility index (Phi) is 4.71. The zero-order valence-corrected chi connectivity index (χ0v) is 12.3. The highest BCUT2D eigenvalue weighted by atomic mass is 35.5. The van der Waals surface area contributed by atoms with E-state index >= 15 is 0 Å². The Morgan fingerprint density at radius 3 is 2.44 bits per heavy atom. The summed E-state index contributed by atoms with van der Waals surface area (Å²) in [6, 6.07) is 2.52. The van der Waals surface area contributed by atoms with Crippen molar-refractivity contribution in [3.8, 4) is 0 Å². The van der Waals surface area contributed by atoms with Crippen molar-refractivity contribution in [1.82, 2.24) is 9.29 Å². The summed E-state index contributed by atoms with van der Waals surface area (Å²) in [7, 11) is -5.64. The van der Waals surface area contributed by atoms with Crippen molar-refractivity contribution in [2.75, 3.05) is 25.6 Å². The van der Waals surface area contributed by atoms with Crippen molar-refractivity contribution in [2.24, 2.45) is 0 Å². The molecular formula is C9H13ClN2O4S2. The summed E-state index contributed by atoms with van der Waals surface area (Å²) in [6.45, 7) is -0.110. The fraction of sp³-hybridized carbons (Fsp3) is 0.444. The first-order chi connectivity index (χ1) is 8.13. The van der Waals surface area contributed by atoms with Crippen molar-refractivity contribution >= 4 is 31.5 Å². The van der Waals surface area contributed by atoms with Crippen LogP contribution in [0.3, 0.4) is 0 Å². The largest absolute Gasteiger partial charge is 0.244 e. The third-order valence-electron chi connectivity index (χ3n) is 2.18. The smallest absolute Gasteiger partial charge is 0.243 e. The summed E-state index contributed by atoms with van der Waals surface area (Å²) < 4.78 is 47.1. The monoisotopic (exact) mass is 312 g/mol. The average molecular weight is 313 g/mol. The topological polar surface area (TPSA) is 84.4 Å². The number of aromatic nitrogens is 1. The molecule has 0 unspecified atom stereocenters. The lowest BCUT2D eigenvalue weighted by Crippen LogP contribution is -2.31. The molecule has 18 heavy (non-hydrogen) atoms. The summed E-state index contributed by atoms with van der Waals surface area (Å²) >= 11 is 5.62. The molecule has 0 spiro atoms. The summed E-state index contributed by atoms with van der Waals surface area (Å²) in [5, 5.41) is 0.0626. The van der Waals surface area contributed by atoms with Crippen molar-refractivity contribution in [3.05, 3.63) is 23.5 Å². The van der Waals surface area contributed by atoms with Crippen LogP contribution in [0.5, 0.6) is 0 Å². The first-order valence-corrected chi connectivity index (χ1v) is 8.76. The normalized spacial score (nSPS) is 12.9. The molecule has 0 aliphatic carbocycles. The number of nitrogens with zero attached hydrogens (tertiary/aromatic N) is 2. The van der Waals surface area contributed by atoms with Gasteiger partial charge in [0.1, 0.15) is 15.0 Å². The fourth-order valence-corrected chi connectivity index (χ4v) is 3.28. The number of sulfonamides is 1. The van der Waals surface area contributed by atoms with Gasteiger partial charge in [0.15, 0.2) is 0 Å². The molecule has 0 saturated heterocycles. The number of hydrogen-bond acceptors (Lipinski definition) is 5. The van der Waals surface area contributed by atoms with Crippen LogP contribution in [0.4, 0.5) is 0 Å². The zero-order chi connectivity index (χ0) is 14.0. The van der Waals surface area contributed by atoms with E-state index in [9.17, 15) is 16.8 Å². The van der Waals surface area contributed by atoms with Gasteiger partial charge in [-0.05, 0) is 12.1 Å². The Labute approximate surface area is 112 Å². The van der Waals surface area contributed by atoms with Gasteiger partial charge in [-0.3, -0.25) is 0 Å². The summed E-state index contributed by atoms with van der Waals surface area (Å²) in [6.07, 6.45) is 2.33. The predicted octanol–water partition coefficient (Wildman–Crippen LogP) is 0.400. The number of sulfone groups is 1. The Morgan fingerprint density at radius 2 is 1.94 bits per heavy atom. The van der Waals surface area contributed by atoms with Gasteiger partial charge in [0, 0.05) is 26.0 Å². The number of hydrogen-bond donors (Lipinski definition) is 0. The van der Waals surface area contributed by atoms with Gasteiger partial charge in [-0.2, -0.15) is 4.31 Å². The standard InChI is InChI=1S/C9H13ClN2O4S2/c1-12(5-6-17(2,13)14)18(15,16)8-3-4-11-9(10)7-8/h3-4,7H,5-6H2,1-2H3. The van der Waals surface area contributed by atoms with E-state index in [0.29, 0.717) is 0 Å². The van der Waals surface area contributed by atoms with E-state index in [2.05, 4.69) is 4.98 Å². The van der Waals surface area contributed by atoms with Gasteiger partial charge in [-0.25, -0.2) is 21.8 Å². The Balaban J connectivity index is 2.93. The molecule has 1 rings (SSSR count). The summed E-state index contributed by atoms with van der Waals surface area (Å²) in [4.78, 5) is 3.67. The van der Waals surface area contributed by atoms with E-state index in [-0.39, 0.29) is 22.3 Å². The molecule has 9 heteroatoms. The van der Waals surface area contributed by atoms with E-state index in [0.717, 1.165) is 10.6 Å². The maximum atomic E-state index is 12.0. The Hall–Kier alpha value is -0.700. The molecule has 0 aliphatic heterocycles. The average Bonchev–Trinajstić information content (AvgIpc) is 2.24. The van der Waals surface area contributed by atoms with Crippen LogP contribution in [0.25, 0.3) is 0 Å². The van der Waals surface area contributed by atoms with Crippen LogP contribution in [0, 0.1) is 0 Å². The minimum absolute atomic E-state index is 0.0153. The van der Waals surface area contributed by atoms with Gasteiger partial charge >= 0.3 is 0 Å². The van der Waals surface area contributed by atoms with Crippen LogP contribution in [-0.2, 0) is 19.9 Å². The third-order valence-corrected chi connectivity index (χ3v) is 5.17. The molecule has 0 saturated carbocycles. The van der Waals surface area contributed by atoms with Crippen molar-refractivity contribution in [2.45, 2.75) is 4.90 Å². The highest BCUT2D eigenvalue weighted by Crippen LogP contribution is 2.16. The lowest BCUT2D eigenvalue weighted by molar-refractivity contribution is 0.484. The SMILES string of the molecule is CN(CCS(C)(=O)=O)S(=O)(=O)c1ccnc(Cl)c1. The molecule has 6 nitrogen and oxygen atoms in total. The maximum absolute atomic E-state index is 12.0. The number of halogens is 1. The molecule has 0 amide bonds. The highest BCUT2D eigenvalue weighted by molar-refractivity contribution is 7.91. The Morgan fingerprint density at radius 1 is 1.33 bits per heavy atom. The van der Waals surface area contributed by atoms with Crippen LogP contribution in [-0.4, -0.2) is 51.7 Å². The van der Waals surface area contributed by atoms with E-state index in [1.807, 2.05) is 0 Å². The Bertz CT molecular complexity index is 628. The minimum atomic E-state index is -3.74. The highest BCUT2D eigenvalue weighted by Gasteiger charge is 2.22. The van der Waals surface area contributed by atoms with Crippen LogP contribution < -0.4 is 0 Å². The van der Waals surface area contributed by atoms with Gasteiger partial charge in [0.2, 0.25) is 10.0 Å². The molecule has 0 radical (unpaired) electrons. The predicted molar refractivity (Wildman–Crippen MR) is 68.8 cm³/mol. The van der Waals surface area contributed by atoms with E-state index in [4.69, 9.17) is 11.6 Å². The second-order valence-electron chi connectivity index (χ2n) is 3.77. The lowest BCUT2D eigenvalue weighted by atomic mass is 10.5. The third kappa shape index (κ3) is 4.20. The molecule has 0 N–H and O–H groups in total. The van der Waals surface area contributed by atoms with Gasteiger partial charge in [0.05, 0.1) is 10.6 Å². The van der Waals surface area contributed by atoms with Crippen molar-refractivity contribution in [3.63, 3.8) is 0 Å². The molecule has 0 atom stereocenters. The molecule has 0 aliphatic rings. The molecule has 1 heterocycles. The first-order valence-electron chi connectivity index (χ1n) is 4.88.